The number of rotatable bonds is 9. The lowest BCUT2D eigenvalue weighted by Crippen LogP contribution is -2.43. The normalized spacial score (nSPS) is 25.1. The summed E-state index contributed by atoms with van der Waals surface area (Å²) in [4.78, 5) is 0. The Bertz CT molecular complexity index is 164. The zero-order valence-electron chi connectivity index (χ0n) is 11.2. The minimum atomic E-state index is 0.266. The summed E-state index contributed by atoms with van der Waals surface area (Å²) in [5.41, 5.74) is 0.266. The highest BCUT2D eigenvalue weighted by atomic mass is 16.5. The quantitative estimate of drug-likeness (QED) is 0.609. The van der Waals surface area contributed by atoms with Crippen LogP contribution in [0.5, 0.6) is 0 Å². The van der Waals surface area contributed by atoms with Crippen molar-refractivity contribution in [3.63, 3.8) is 0 Å². The molecule has 0 radical (unpaired) electrons. The van der Waals surface area contributed by atoms with Gasteiger partial charge in [-0.25, -0.2) is 0 Å². The first-order valence-corrected chi connectivity index (χ1v) is 7.10. The van der Waals surface area contributed by atoms with E-state index < -0.39 is 0 Å². The van der Waals surface area contributed by atoms with Crippen LogP contribution in [0.2, 0.25) is 0 Å². The average Bonchev–Trinajstić information content (AvgIpc) is 2.70. The third-order valence-corrected chi connectivity index (χ3v) is 3.55. The van der Waals surface area contributed by atoms with E-state index in [1.807, 2.05) is 0 Å². The standard InChI is InChI=1S/C14H29NO/c1-3-4-5-6-7-8-9-11-15-14(2)10-12-16-13-14/h15H,3-13H2,1-2H3. The summed E-state index contributed by atoms with van der Waals surface area (Å²) in [6.07, 6.45) is 10.9. The van der Waals surface area contributed by atoms with Crippen LogP contribution in [-0.4, -0.2) is 25.3 Å². The van der Waals surface area contributed by atoms with E-state index in [2.05, 4.69) is 19.2 Å². The van der Waals surface area contributed by atoms with Crippen molar-refractivity contribution in [3.05, 3.63) is 0 Å². The molecule has 1 aliphatic heterocycles. The van der Waals surface area contributed by atoms with Gasteiger partial charge >= 0.3 is 0 Å². The second-order valence-corrected chi connectivity index (χ2v) is 5.41. The maximum atomic E-state index is 5.42. The van der Waals surface area contributed by atoms with Gasteiger partial charge in [-0.15, -0.1) is 0 Å². The number of hydrogen-bond acceptors (Lipinski definition) is 2. The lowest BCUT2D eigenvalue weighted by molar-refractivity contribution is 0.171. The Hall–Kier alpha value is -0.0800. The van der Waals surface area contributed by atoms with Crippen LogP contribution in [0, 0.1) is 0 Å². The van der Waals surface area contributed by atoms with Crippen molar-refractivity contribution in [3.8, 4) is 0 Å². The van der Waals surface area contributed by atoms with Gasteiger partial charge in [-0.1, -0.05) is 45.4 Å². The highest BCUT2D eigenvalue weighted by molar-refractivity contribution is 4.86. The largest absolute Gasteiger partial charge is 0.379 e. The Kier molecular flexibility index (Phi) is 7.06. The summed E-state index contributed by atoms with van der Waals surface area (Å²) in [5, 5.41) is 3.64. The Labute approximate surface area is 101 Å². The molecule has 1 rings (SSSR count). The fraction of sp³-hybridized carbons (Fsp3) is 1.00. The molecule has 1 saturated heterocycles. The molecule has 2 nitrogen and oxygen atoms in total. The molecular weight excluding hydrogens is 198 g/mol. The monoisotopic (exact) mass is 227 g/mol. The fourth-order valence-electron chi connectivity index (χ4n) is 2.28. The first-order valence-electron chi connectivity index (χ1n) is 7.10. The van der Waals surface area contributed by atoms with E-state index in [1.165, 1.54) is 51.4 Å². The second kappa shape index (κ2) is 8.08. The van der Waals surface area contributed by atoms with Gasteiger partial charge in [-0.3, -0.25) is 0 Å². The van der Waals surface area contributed by atoms with Gasteiger partial charge in [0.2, 0.25) is 0 Å². The maximum Gasteiger partial charge on any atom is 0.0646 e. The third kappa shape index (κ3) is 5.86. The number of ether oxygens (including phenoxy) is 1. The van der Waals surface area contributed by atoms with Crippen LogP contribution in [0.15, 0.2) is 0 Å². The molecular formula is C14H29NO. The molecule has 0 aromatic rings. The van der Waals surface area contributed by atoms with E-state index >= 15 is 0 Å². The summed E-state index contributed by atoms with van der Waals surface area (Å²) in [6.45, 7) is 7.53. The summed E-state index contributed by atoms with van der Waals surface area (Å²) in [7, 11) is 0. The van der Waals surface area contributed by atoms with Gasteiger partial charge in [-0.2, -0.15) is 0 Å². The molecule has 1 atom stereocenters. The van der Waals surface area contributed by atoms with Gasteiger partial charge in [0.15, 0.2) is 0 Å². The summed E-state index contributed by atoms with van der Waals surface area (Å²) in [6, 6.07) is 0. The molecule has 0 amide bonds. The molecule has 0 bridgehead atoms. The molecule has 0 saturated carbocycles. The van der Waals surface area contributed by atoms with E-state index in [4.69, 9.17) is 4.74 Å². The predicted octanol–water partition coefficient (Wildman–Crippen LogP) is 3.51. The topological polar surface area (TPSA) is 21.3 Å². The van der Waals surface area contributed by atoms with Crippen molar-refractivity contribution in [2.24, 2.45) is 0 Å². The minimum absolute atomic E-state index is 0.266. The molecule has 2 heteroatoms. The Balaban J connectivity index is 1.84. The van der Waals surface area contributed by atoms with Crippen molar-refractivity contribution in [2.75, 3.05) is 19.8 Å². The maximum absolute atomic E-state index is 5.42. The first kappa shape index (κ1) is 14.0. The van der Waals surface area contributed by atoms with Gasteiger partial charge in [0.05, 0.1) is 6.61 Å². The van der Waals surface area contributed by atoms with Crippen molar-refractivity contribution in [1.29, 1.82) is 0 Å². The van der Waals surface area contributed by atoms with Crippen LogP contribution < -0.4 is 5.32 Å². The van der Waals surface area contributed by atoms with Gasteiger partial charge in [0.25, 0.3) is 0 Å². The van der Waals surface area contributed by atoms with Crippen LogP contribution in [-0.2, 0) is 4.74 Å². The molecule has 1 unspecified atom stereocenters. The average molecular weight is 227 g/mol. The minimum Gasteiger partial charge on any atom is -0.379 e. The van der Waals surface area contributed by atoms with E-state index in [9.17, 15) is 0 Å². The molecule has 1 N–H and O–H groups in total. The predicted molar refractivity (Wildman–Crippen MR) is 69.8 cm³/mol. The smallest absolute Gasteiger partial charge is 0.0646 e. The summed E-state index contributed by atoms with van der Waals surface area (Å²) < 4.78 is 5.42. The van der Waals surface area contributed by atoms with Crippen LogP contribution in [0.4, 0.5) is 0 Å². The second-order valence-electron chi connectivity index (χ2n) is 5.41. The molecule has 0 aromatic carbocycles. The molecule has 1 aliphatic rings. The molecule has 96 valence electrons. The number of hydrogen-bond donors (Lipinski definition) is 1. The van der Waals surface area contributed by atoms with Crippen LogP contribution in [0.25, 0.3) is 0 Å². The lowest BCUT2D eigenvalue weighted by atomic mass is 10.0. The Morgan fingerprint density at radius 2 is 1.75 bits per heavy atom. The number of nitrogens with one attached hydrogen (secondary N) is 1. The third-order valence-electron chi connectivity index (χ3n) is 3.55. The van der Waals surface area contributed by atoms with Crippen LogP contribution in [0.1, 0.15) is 65.2 Å². The lowest BCUT2D eigenvalue weighted by Gasteiger charge is -2.23. The van der Waals surface area contributed by atoms with Crippen molar-refractivity contribution in [2.45, 2.75) is 70.8 Å². The fourth-order valence-corrected chi connectivity index (χ4v) is 2.28. The van der Waals surface area contributed by atoms with Crippen molar-refractivity contribution < 1.29 is 4.74 Å². The molecule has 1 fully saturated rings. The van der Waals surface area contributed by atoms with E-state index in [1.54, 1.807) is 0 Å². The molecule has 16 heavy (non-hydrogen) atoms. The van der Waals surface area contributed by atoms with Crippen LogP contribution >= 0.6 is 0 Å². The Morgan fingerprint density at radius 3 is 2.38 bits per heavy atom. The van der Waals surface area contributed by atoms with E-state index in [0.29, 0.717) is 0 Å². The summed E-state index contributed by atoms with van der Waals surface area (Å²) in [5.74, 6) is 0. The molecule has 0 aliphatic carbocycles. The van der Waals surface area contributed by atoms with E-state index in [-0.39, 0.29) is 5.54 Å². The first-order chi connectivity index (χ1) is 7.77. The van der Waals surface area contributed by atoms with Gasteiger partial charge in [0, 0.05) is 12.1 Å². The Morgan fingerprint density at radius 1 is 1.06 bits per heavy atom. The van der Waals surface area contributed by atoms with Crippen molar-refractivity contribution >= 4 is 0 Å². The highest BCUT2D eigenvalue weighted by Crippen LogP contribution is 2.17. The number of unbranched alkanes of at least 4 members (excludes halogenated alkanes) is 6. The van der Waals surface area contributed by atoms with Gasteiger partial charge in [-0.05, 0) is 26.3 Å². The van der Waals surface area contributed by atoms with E-state index in [0.717, 1.165) is 19.8 Å². The highest BCUT2D eigenvalue weighted by Gasteiger charge is 2.28. The molecule has 0 aromatic heterocycles. The zero-order chi connectivity index (χ0) is 11.7. The van der Waals surface area contributed by atoms with Gasteiger partial charge < -0.3 is 10.1 Å². The SMILES string of the molecule is CCCCCCCCCNC1(C)CCOC1. The van der Waals surface area contributed by atoms with Crippen LogP contribution in [0.3, 0.4) is 0 Å². The van der Waals surface area contributed by atoms with Crippen molar-refractivity contribution in [1.82, 2.24) is 5.32 Å². The van der Waals surface area contributed by atoms with Gasteiger partial charge in [0.1, 0.15) is 0 Å². The summed E-state index contributed by atoms with van der Waals surface area (Å²) >= 11 is 0. The molecule has 0 spiro atoms. The zero-order valence-corrected chi connectivity index (χ0v) is 11.2. The molecule has 1 heterocycles.